The summed E-state index contributed by atoms with van der Waals surface area (Å²) in [6, 6.07) is 8.67. The van der Waals surface area contributed by atoms with Gasteiger partial charge in [0.05, 0.1) is 20.3 Å². The molecule has 0 saturated carbocycles. The highest BCUT2D eigenvalue weighted by Crippen LogP contribution is 2.20. The molecule has 0 spiro atoms. The Kier molecular flexibility index (Phi) is 5.19. The van der Waals surface area contributed by atoms with Gasteiger partial charge in [0.1, 0.15) is 5.75 Å². The molecule has 1 aromatic rings. The molecule has 1 heterocycles. The van der Waals surface area contributed by atoms with Gasteiger partial charge < -0.3 is 19.7 Å². The van der Waals surface area contributed by atoms with E-state index in [4.69, 9.17) is 9.47 Å². The third-order valence-corrected chi connectivity index (χ3v) is 3.75. The molecule has 106 valence electrons. The van der Waals surface area contributed by atoms with Crippen LogP contribution in [0.5, 0.6) is 5.75 Å². The van der Waals surface area contributed by atoms with Crippen LogP contribution in [0.25, 0.3) is 0 Å². The van der Waals surface area contributed by atoms with Crippen LogP contribution in [0.1, 0.15) is 5.56 Å². The molecule has 2 rings (SSSR count). The number of rotatable bonds is 6. The molecule has 0 aromatic heterocycles. The van der Waals surface area contributed by atoms with Crippen LogP contribution in [0.4, 0.5) is 0 Å². The molecule has 19 heavy (non-hydrogen) atoms. The summed E-state index contributed by atoms with van der Waals surface area (Å²) >= 11 is 0. The number of benzene rings is 1. The van der Waals surface area contributed by atoms with Gasteiger partial charge in [-0.3, -0.25) is 0 Å². The summed E-state index contributed by atoms with van der Waals surface area (Å²) in [6.45, 7) is 3.60. The second-order valence-electron chi connectivity index (χ2n) is 5.20. The second-order valence-corrected chi connectivity index (χ2v) is 5.20. The fourth-order valence-electron chi connectivity index (χ4n) is 2.69. The number of nitrogens with one attached hydrogen (secondary N) is 1. The van der Waals surface area contributed by atoms with Crippen LogP contribution in [0.15, 0.2) is 24.3 Å². The SMILES string of the molecule is CNC1COCC1CN(C)Cc1ccccc1OC. The lowest BCUT2D eigenvalue weighted by atomic mass is 10.0. The smallest absolute Gasteiger partial charge is 0.123 e. The van der Waals surface area contributed by atoms with E-state index in [0.29, 0.717) is 12.0 Å². The van der Waals surface area contributed by atoms with E-state index < -0.39 is 0 Å². The monoisotopic (exact) mass is 264 g/mol. The number of ether oxygens (including phenoxy) is 2. The van der Waals surface area contributed by atoms with E-state index in [9.17, 15) is 0 Å². The van der Waals surface area contributed by atoms with Crippen molar-refractivity contribution < 1.29 is 9.47 Å². The first-order valence-electron chi connectivity index (χ1n) is 6.80. The van der Waals surface area contributed by atoms with Gasteiger partial charge in [-0.25, -0.2) is 0 Å². The Bertz CT molecular complexity index is 397. The first kappa shape index (κ1) is 14.3. The average Bonchev–Trinajstić information content (AvgIpc) is 2.86. The highest BCUT2D eigenvalue weighted by molar-refractivity contribution is 5.33. The van der Waals surface area contributed by atoms with Crippen molar-refractivity contribution in [3.05, 3.63) is 29.8 Å². The van der Waals surface area contributed by atoms with E-state index in [2.05, 4.69) is 29.4 Å². The molecule has 0 radical (unpaired) electrons. The molecule has 1 fully saturated rings. The van der Waals surface area contributed by atoms with Crippen molar-refractivity contribution in [3.8, 4) is 5.75 Å². The Morgan fingerprint density at radius 1 is 1.37 bits per heavy atom. The van der Waals surface area contributed by atoms with Crippen molar-refractivity contribution in [1.29, 1.82) is 0 Å². The fourth-order valence-corrected chi connectivity index (χ4v) is 2.69. The van der Waals surface area contributed by atoms with Crippen molar-refractivity contribution in [2.24, 2.45) is 5.92 Å². The molecule has 0 aliphatic carbocycles. The van der Waals surface area contributed by atoms with Crippen molar-refractivity contribution in [2.75, 3.05) is 41.0 Å². The largest absolute Gasteiger partial charge is 0.496 e. The molecule has 1 aromatic carbocycles. The normalized spacial score (nSPS) is 22.9. The van der Waals surface area contributed by atoms with Gasteiger partial charge >= 0.3 is 0 Å². The van der Waals surface area contributed by atoms with Crippen molar-refractivity contribution in [3.63, 3.8) is 0 Å². The third-order valence-electron chi connectivity index (χ3n) is 3.75. The van der Waals surface area contributed by atoms with Crippen LogP contribution >= 0.6 is 0 Å². The minimum atomic E-state index is 0.472. The highest BCUT2D eigenvalue weighted by Gasteiger charge is 2.27. The zero-order valence-corrected chi connectivity index (χ0v) is 12.1. The Balaban J connectivity index is 1.92. The van der Waals surface area contributed by atoms with Crippen LogP contribution in [-0.2, 0) is 11.3 Å². The molecule has 1 saturated heterocycles. The van der Waals surface area contributed by atoms with E-state index in [1.165, 1.54) is 5.56 Å². The molecular formula is C15H24N2O2. The molecule has 1 aliphatic rings. The maximum absolute atomic E-state index is 5.54. The van der Waals surface area contributed by atoms with Gasteiger partial charge in [-0.1, -0.05) is 18.2 Å². The topological polar surface area (TPSA) is 33.7 Å². The molecule has 1 N–H and O–H groups in total. The molecule has 2 atom stereocenters. The standard InChI is InChI=1S/C15H24N2O2/c1-16-14-11-19-10-13(14)9-17(2)8-12-6-4-5-7-15(12)18-3/h4-7,13-14,16H,8-11H2,1-3H3. The number of nitrogens with zero attached hydrogens (tertiary/aromatic N) is 1. The average molecular weight is 264 g/mol. The lowest BCUT2D eigenvalue weighted by Gasteiger charge is -2.24. The van der Waals surface area contributed by atoms with Crippen molar-refractivity contribution >= 4 is 0 Å². The molecule has 2 unspecified atom stereocenters. The van der Waals surface area contributed by atoms with Crippen LogP contribution < -0.4 is 10.1 Å². The summed E-state index contributed by atoms with van der Waals surface area (Å²) in [5.41, 5.74) is 1.23. The summed E-state index contributed by atoms with van der Waals surface area (Å²) in [4.78, 5) is 2.33. The summed E-state index contributed by atoms with van der Waals surface area (Å²) in [5.74, 6) is 1.52. The summed E-state index contributed by atoms with van der Waals surface area (Å²) < 4.78 is 10.9. The summed E-state index contributed by atoms with van der Waals surface area (Å²) in [6.07, 6.45) is 0. The number of methoxy groups -OCH3 is 1. The minimum absolute atomic E-state index is 0.472. The highest BCUT2D eigenvalue weighted by atomic mass is 16.5. The van der Waals surface area contributed by atoms with E-state index in [1.807, 2.05) is 19.2 Å². The maximum Gasteiger partial charge on any atom is 0.123 e. The molecular weight excluding hydrogens is 240 g/mol. The number of hydrogen-bond donors (Lipinski definition) is 1. The summed E-state index contributed by atoms with van der Waals surface area (Å²) in [7, 11) is 5.88. The van der Waals surface area contributed by atoms with Gasteiger partial charge in [0.25, 0.3) is 0 Å². The van der Waals surface area contributed by atoms with Crippen LogP contribution in [0, 0.1) is 5.92 Å². The van der Waals surface area contributed by atoms with Crippen molar-refractivity contribution in [1.82, 2.24) is 10.2 Å². The van der Waals surface area contributed by atoms with E-state index >= 15 is 0 Å². The van der Waals surface area contributed by atoms with Gasteiger partial charge in [-0.2, -0.15) is 0 Å². The van der Waals surface area contributed by atoms with E-state index in [-0.39, 0.29) is 0 Å². The quantitative estimate of drug-likeness (QED) is 0.841. The number of hydrogen-bond acceptors (Lipinski definition) is 4. The van der Waals surface area contributed by atoms with E-state index in [0.717, 1.165) is 32.1 Å². The number of para-hydroxylation sites is 1. The molecule has 1 aliphatic heterocycles. The third kappa shape index (κ3) is 3.69. The van der Waals surface area contributed by atoms with Gasteiger partial charge in [0.2, 0.25) is 0 Å². The molecule has 0 amide bonds. The minimum Gasteiger partial charge on any atom is -0.496 e. The lowest BCUT2D eigenvalue weighted by molar-refractivity contribution is 0.172. The first-order chi connectivity index (χ1) is 9.24. The van der Waals surface area contributed by atoms with E-state index in [1.54, 1.807) is 7.11 Å². The predicted octanol–water partition coefficient (Wildman–Crippen LogP) is 1.36. The molecule has 4 nitrogen and oxygen atoms in total. The maximum atomic E-state index is 5.54. The van der Waals surface area contributed by atoms with Crippen molar-refractivity contribution in [2.45, 2.75) is 12.6 Å². The molecule has 4 heteroatoms. The number of likely N-dealkylation sites (N-methyl/N-ethyl adjacent to an activating group) is 1. The predicted molar refractivity (Wildman–Crippen MR) is 76.5 cm³/mol. The zero-order valence-electron chi connectivity index (χ0n) is 12.1. The van der Waals surface area contributed by atoms with Crippen LogP contribution in [0.2, 0.25) is 0 Å². The first-order valence-corrected chi connectivity index (χ1v) is 6.80. The van der Waals surface area contributed by atoms with Crippen LogP contribution in [-0.4, -0.2) is 51.9 Å². The second kappa shape index (κ2) is 6.89. The Morgan fingerprint density at radius 3 is 2.89 bits per heavy atom. The fraction of sp³-hybridized carbons (Fsp3) is 0.600. The zero-order chi connectivity index (χ0) is 13.7. The van der Waals surface area contributed by atoms with Gasteiger partial charge in [-0.15, -0.1) is 0 Å². The van der Waals surface area contributed by atoms with Gasteiger partial charge in [-0.05, 0) is 20.2 Å². The Labute approximate surface area is 115 Å². The Morgan fingerprint density at radius 2 is 2.16 bits per heavy atom. The Hall–Kier alpha value is -1.10. The van der Waals surface area contributed by atoms with Crippen LogP contribution in [0.3, 0.4) is 0 Å². The molecule has 0 bridgehead atoms. The lowest BCUT2D eigenvalue weighted by Crippen LogP contribution is -2.38. The van der Waals surface area contributed by atoms with Gasteiger partial charge in [0, 0.05) is 30.6 Å². The summed E-state index contributed by atoms with van der Waals surface area (Å²) in [5, 5.41) is 3.33. The van der Waals surface area contributed by atoms with Gasteiger partial charge in [0.15, 0.2) is 0 Å².